The molecule has 9 heteroatoms. The van der Waals surface area contributed by atoms with Crippen molar-refractivity contribution in [1.82, 2.24) is 0 Å². The average molecular weight is 430 g/mol. The van der Waals surface area contributed by atoms with Crippen molar-refractivity contribution in [3.05, 3.63) is 0 Å². The van der Waals surface area contributed by atoms with Crippen molar-refractivity contribution < 1.29 is 41.0 Å². The highest BCUT2D eigenvalue weighted by Crippen LogP contribution is 2.56. The van der Waals surface area contributed by atoms with Crippen molar-refractivity contribution >= 4 is 5.97 Å². The highest BCUT2D eigenvalue weighted by atomic mass is 19.4. The van der Waals surface area contributed by atoms with Gasteiger partial charge in [0.05, 0.1) is 5.92 Å². The molecule has 0 aromatic heterocycles. The standard InChI is InChI=1S/C20H28F6O3/c1-10-11(2)14-8-13(10)9-15(14)17(27)29-16(12-6-4-3-5-7-12)18(28,19(21,22)23)20(24,25)26/h10-16,28H,3-9H2,1-2H3. The Balaban J connectivity index is 1.89. The summed E-state index contributed by atoms with van der Waals surface area (Å²) in [5.41, 5.74) is -5.08. The largest absolute Gasteiger partial charge is 0.458 e. The summed E-state index contributed by atoms with van der Waals surface area (Å²) in [6.45, 7) is 4.00. The molecular weight excluding hydrogens is 402 g/mol. The number of hydrogen-bond donors (Lipinski definition) is 1. The molecule has 0 radical (unpaired) electrons. The van der Waals surface area contributed by atoms with Crippen molar-refractivity contribution in [2.45, 2.75) is 82.9 Å². The monoisotopic (exact) mass is 430 g/mol. The number of carbonyl (C=O) groups excluding carboxylic acids is 1. The molecule has 3 saturated carbocycles. The molecule has 29 heavy (non-hydrogen) atoms. The molecule has 2 bridgehead atoms. The molecule has 0 spiro atoms. The van der Waals surface area contributed by atoms with Crippen LogP contribution >= 0.6 is 0 Å². The van der Waals surface area contributed by atoms with E-state index in [0.29, 0.717) is 31.6 Å². The van der Waals surface area contributed by atoms with Crippen LogP contribution in [0.5, 0.6) is 0 Å². The second-order valence-corrected chi connectivity index (χ2v) is 9.24. The van der Waals surface area contributed by atoms with Crippen LogP contribution in [0, 0.1) is 35.5 Å². The summed E-state index contributed by atoms with van der Waals surface area (Å²) in [5.74, 6) is -2.27. The summed E-state index contributed by atoms with van der Waals surface area (Å²) in [4.78, 5) is 12.8. The Hall–Kier alpha value is -0.990. The van der Waals surface area contributed by atoms with Crippen molar-refractivity contribution in [3.63, 3.8) is 0 Å². The van der Waals surface area contributed by atoms with Gasteiger partial charge in [0.2, 0.25) is 0 Å². The molecule has 0 heterocycles. The highest BCUT2D eigenvalue weighted by Gasteiger charge is 2.76. The van der Waals surface area contributed by atoms with Crippen molar-refractivity contribution in [2.75, 3.05) is 0 Å². The van der Waals surface area contributed by atoms with Gasteiger partial charge in [-0.2, -0.15) is 26.3 Å². The lowest BCUT2D eigenvalue weighted by molar-refractivity contribution is -0.396. The van der Waals surface area contributed by atoms with Crippen molar-refractivity contribution in [3.8, 4) is 0 Å². The molecule has 6 atom stereocenters. The number of rotatable bonds is 4. The normalized spacial score (nSPS) is 35.0. The summed E-state index contributed by atoms with van der Waals surface area (Å²) in [6, 6.07) is 0. The van der Waals surface area contributed by atoms with Crippen LogP contribution in [0.2, 0.25) is 0 Å². The number of halogens is 6. The first-order chi connectivity index (χ1) is 13.3. The minimum absolute atomic E-state index is 0.0522. The predicted molar refractivity (Wildman–Crippen MR) is 91.5 cm³/mol. The molecule has 3 nitrogen and oxygen atoms in total. The number of carbonyl (C=O) groups is 1. The molecule has 168 valence electrons. The fourth-order valence-corrected chi connectivity index (χ4v) is 5.87. The van der Waals surface area contributed by atoms with Crippen molar-refractivity contribution in [1.29, 1.82) is 0 Å². The third kappa shape index (κ3) is 3.76. The van der Waals surface area contributed by atoms with Gasteiger partial charge in [0.1, 0.15) is 0 Å². The van der Waals surface area contributed by atoms with Crippen LogP contribution in [0.25, 0.3) is 0 Å². The lowest BCUT2D eigenvalue weighted by atomic mass is 9.75. The number of aliphatic hydroxyl groups is 1. The van der Waals surface area contributed by atoms with Crippen LogP contribution in [-0.2, 0) is 9.53 Å². The third-order valence-corrected chi connectivity index (χ3v) is 7.80. The number of alkyl halides is 6. The van der Waals surface area contributed by atoms with Crippen molar-refractivity contribution in [2.24, 2.45) is 35.5 Å². The molecule has 3 aliphatic rings. The fourth-order valence-electron chi connectivity index (χ4n) is 5.87. The average Bonchev–Trinajstić information content (AvgIpc) is 3.18. The van der Waals surface area contributed by atoms with Crippen LogP contribution in [0.4, 0.5) is 26.3 Å². The molecule has 0 aromatic rings. The van der Waals surface area contributed by atoms with Gasteiger partial charge in [-0.3, -0.25) is 4.79 Å². The quantitative estimate of drug-likeness (QED) is 0.489. The molecule has 0 saturated heterocycles. The van der Waals surface area contributed by atoms with Gasteiger partial charge in [-0.25, -0.2) is 0 Å². The zero-order chi connectivity index (χ0) is 21.8. The molecule has 3 aliphatic carbocycles. The second-order valence-electron chi connectivity index (χ2n) is 9.24. The van der Waals surface area contributed by atoms with E-state index in [2.05, 4.69) is 0 Å². The van der Waals surface area contributed by atoms with E-state index in [-0.39, 0.29) is 30.6 Å². The smallest absolute Gasteiger partial charge is 0.430 e. The summed E-state index contributed by atoms with van der Waals surface area (Å²) >= 11 is 0. The summed E-state index contributed by atoms with van der Waals surface area (Å²) < 4.78 is 86.2. The van der Waals surface area contributed by atoms with Gasteiger partial charge in [0.25, 0.3) is 5.60 Å². The van der Waals surface area contributed by atoms with E-state index < -0.39 is 41.9 Å². The first-order valence-electron chi connectivity index (χ1n) is 10.3. The Morgan fingerprint density at radius 3 is 1.93 bits per heavy atom. The molecule has 0 aromatic carbocycles. The Morgan fingerprint density at radius 1 is 0.931 bits per heavy atom. The minimum Gasteiger partial charge on any atom is -0.458 e. The summed E-state index contributed by atoms with van der Waals surface area (Å²) in [6.07, 6.45) is -11.9. The summed E-state index contributed by atoms with van der Waals surface area (Å²) in [7, 11) is 0. The Morgan fingerprint density at radius 2 is 1.48 bits per heavy atom. The van der Waals surface area contributed by atoms with Gasteiger partial charge in [-0.1, -0.05) is 33.1 Å². The second kappa shape index (κ2) is 7.61. The van der Waals surface area contributed by atoms with Crippen LogP contribution in [0.1, 0.15) is 58.8 Å². The van der Waals surface area contributed by atoms with E-state index in [1.165, 1.54) is 0 Å². The van der Waals surface area contributed by atoms with E-state index >= 15 is 0 Å². The van der Waals surface area contributed by atoms with E-state index in [1.54, 1.807) is 0 Å². The van der Waals surface area contributed by atoms with E-state index in [4.69, 9.17) is 4.74 Å². The van der Waals surface area contributed by atoms with Gasteiger partial charge in [-0.15, -0.1) is 0 Å². The van der Waals surface area contributed by atoms with Gasteiger partial charge in [0, 0.05) is 0 Å². The number of hydrogen-bond acceptors (Lipinski definition) is 3. The highest BCUT2D eigenvalue weighted by molar-refractivity contribution is 5.74. The first-order valence-corrected chi connectivity index (χ1v) is 10.3. The number of esters is 1. The van der Waals surface area contributed by atoms with E-state index in [1.807, 2.05) is 13.8 Å². The molecular formula is C20H28F6O3. The SMILES string of the molecule is CC1C2CC(C(=O)OC(C3CCCCC3)C(O)(C(F)(F)F)C(F)(F)F)C(C2)C1C. The molecule has 6 unspecified atom stereocenters. The fraction of sp³-hybridized carbons (Fsp3) is 0.950. The third-order valence-electron chi connectivity index (χ3n) is 7.80. The van der Waals surface area contributed by atoms with Gasteiger partial charge in [0.15, 0.2) is 6.10 Å². The Labute approximate surface area is 166 Å². The molecule has 0 aliphatic heterocycles. The maximum atomic E-state index is 13.5. The lowest BCUT2D eigenvalue weighted by Crippen LogP contribution is -2.67. The van der Waals surface area contributed by atoms with Crippen LogP contribution in [-0.4, -0.2) is 35.1 Å². The topological polar surface area (TPSA) is 46.5 Å². The Bertz CT molecular complexity index is 594. The number of fused-ring (bicyclic) bond motifs is 2. The summed E-state index contributed by atoms with van der Waals surface area (Å²) in [5, 5.41) is 9.99. The molecule has 0 amide bonds. The zero-order valence-electron chi connectivity index (χ0n) is 16.5. The van der Waals surface area contributed by atoms with E-state index in [0.717, 1.165) is 6.42 Å². The van der Waals surface area contributed by atoms with Gasteiger partial charge >= 0.3 is 18.3 Å². The molecule has 3 fully saturated rings. The molecule has 1 N–H and O–H groups in total. The maximum absolute atomic E-state index is 13.5. The first kappa shape index (κ1) is 22.7. The maximum Gasteiger partial charge on any atom is 0.430 e. The number of ether oxygens (including phenoxy) is 1. The van der Waals surface area contributed by atoms with Crippen LogP contribution in [0.3, 0.4) is 0 Å². The van der Waals surface area contributed by atoms with Gasteiger partial charge in [-0.05, 0) is 55.3 Å². The minimum atomic E-state index is -6.01. The predicted octanol–water partition coefficient (Wildman–Crippen LogP) is 5.26. The lowest BCUT2D eigenvalue weighted by Gasteiger charge is -2.43. The van der Waals surface area contributed by atoms with E-state index in [9.17, 15) is 36.2 Å². The van der Waals surface area contributed by atoms with Gasteiger partial charge < -0.3 is 9.84 Å². The molecule has 3 rings (SSSR count). The van der Waals surface area contributed by atoms with Crippen LogP contribution in [0.15, 0.2) is 0 Å². The Kier molecular flexibility index (Phi) is 5.95. The zero-order valence-corrected chi connectivity index (χ0v) is 16.5. The van der Waals surface area contributed by atoms with Crippen LogP contribution < -0.4 is 0 Å².